The van der Waals surface area contributed by atoms with Crippen molar-refractivity contribution in [1.29, 1.82) is 0 Å². The van der Waals surface area contributed by atoms with Crippen molar-refractivity contribution in [3.05, 3.63) is 24.3 Å². The van der Waals surface area contributed by atoms with E-state index in [2.05, 4.69) is 21.4 Å². The Hall–Kier alpha value is -0.960. The van der Waals surface area contributed by atoms with Crippen LogP contribution < -0.4 is 5.32 Å². The Morgan fingerprint density at radius 3 is 3.00 bits per heavy atom. The molecule has 2 aliphatic heterocycles. The molecule has 3 fully saturated rings. The van der Waals surface area contributed by atoms with Crippen LogP contribution in [0.5, 0.6) is 0 Å². The van der Waals surface area contributed by atoms with Gasteiger partial charge in [0.2, 0.25) is 0 Å². The van der Waals surface area contributed by atoms with Gasteiger partial charge in [0, 0.05) is 18.2 Å². The van der Waals surface area contributed by atoms with Crippen molar-refractivity contribution in [3.63, 3.8) is 0 Å². The van der Waals surface area contributed by atoms with Crippen LogP contribution in [0.1, 0.15) is 18.5 Å². The Morgan fingerprint density at radius 1 is 1.46 bits per heavy atom. The first-order valence-electron chi connectivity index (χ1n) is 4.86. The second-order valence-corrected chi connectivity index (χ2v) is 4.28. The van der Waals surface area contributed by atoms with Crippen molar-refractivity contribution in [2.24, 2.45) is 5.92 Å². The maximum Gasteiger partial charge on any atom is 0.115 e. The smallest absolute Gasteiger partial charge is 0.115 e. The van der Waals surface area contributed by atoms with Gasteiger partial charge >= 0.3 is 0 Å². The van der Waals surface area contributed by atoms with Crippen molar-refractivity contribution < 1.29 is 0 Å². The molecule has 2 bridgehead atoms. The number of fused-ring (bicyclic) bond motifs is 2. The van der Waals surface area contributed by atoms with E-state index >= 15 is 0 Å². The number of rotatable bonds is 1. The number of piperidine rings is 2. The van der Waals surface area contributed by atoms with Gasteiger partial charge in [-0.15, -0.1) is 0 Å². The Morgan fingerprint density at radius 2 is 2.38 bits per heavy atom. The highest BCUT2D eigenvalue weighted by Crippen LogP contribution is 2.48. The van der Waals surface area contributed by atoms with E-state index in [1.807, 2.05) is 6.20 Å². The SMILES string of the molecule is c1cc(C23CNCC(C2)C3)ncn1. The van der Waals surface area contributed by atoms with E-state index < -0.39 is 0 Å². The lowest BCUT2D eigenvalue weighted by molar-refractivity contribution is 0.0861. The number of aromatic nitrogens is 2. The molecule has 1 aliphatic carbocycles. The Labute approximate surface area is 77.6 Å². The van der Waals surface area contributed by atoms with E-state index in [0.717, 1.165) is 12.5 Å². The molecule has 4 rings (SSSR count). The van der Waals surface area contributed by atoms with Crippen LogP contribution in [0.15, 0.2) is 18.6 Å². The van der Waals surface area contributed by atoms with Crippen LogP contribution in [-0.2, 0) is 5.41 Å². The maximum absolute atomic E-state index is 4.36. The molecule has 1 aromatic rings. The van der Waals surface area contributed by atoms with Crippen LogP contribution in [0.4, 0.5) is 0 Å². The standard InChI is InChI=1S/C10H13N3/c1-2-11-7-13-9(1)10-3-8(4-10)5-12-6-10/h1-2,7-8,12H,3-6H2. The van der Waals surface area contributed by atoms with E-state index in [-0.39, 0.29) is 0 Å². The fourth-order valence-electron chi connectivity index (χ4n) is 2.75. The summed E-state index contributed by atoms with van der Waals surface area (Å²) in [7, 11) is 0. The molecule has 1 N–H and O–H groups in total. The summed E-state index contributed by atoms with van der Waals surface area (Å²) in [5, 5.41) is 3.46. The molecule has 13 heavy (non-hydrogen) atoms. The highest BCUT2D eigenvalue weighted by molar-refractivity contribution is 5.23. The van der Waals surface area contributed by atoms with Crippen LogP contribution in [0, 0.1) is 5.92 Å². The highest BCUT2D eigenvalue weighted by atomic mass is 15.0. The number of hydrogen-bond donors (Lipinski definition) is 1. The summed E-state index contributed by atoms with van der Waals surface area (Å²) >= 11 is 0. The molecule has 3 heteroatoms. The molecule has 3 heterocycles. The molecule has 0 aromatic carbocycles. The fourth-order valence-corrected chi connectivity index (χ4v) is 2.75. The monoisotopic (exact) mass is 175 g/mol. The van der Waals surface area contributed by atoms with E-state index in [0.29, 0.717) is 5.41 Å². The molecule has 3 aliphatic rings. The lowest BCUT2D eigenvalue weighted by Crippen LogP contribution is -2.57. The van der Waals surface area contributed by atoms with Gasteiger partial charge in [0.1, 0.15) is 6.33 Å². The zero-order valence-corrected chi connectivity index (χ0v) is 7.53. The molecule has 2 saturated heterocycles. The van der Waals surface area contributed by atoms with Gasteiger partial charge in [0.25, 0.3) is 0 Å². The minimum Gasteiger partial charge on any atom is -0.316 e. The van der Waals surface area contributed by atoms with Crippen molar-refractivity contribution in [2.45, 2.75) is 18.3 Å². The summed E-state index contributed by atoms with van der Waals surface area (Å²) in [5.74, 6) is 0.892. The van der Waals surface area contributed by atoms with Crippen molar-refractivity contribution in [3.8, 4) is 0 Å². The van der Waals surface area contributed by atoms with Crippen molar-refractivity contribution >= 4 is 0 Å². The third-order valence-electron chi connectivity index (χ3n) is 3.38. The summed E-state index contributed by atoms with van der Waals surface area (Å²) < 4.78 is 0. The summed E-state index contributed by atoms with van der Waals surface area (Å²) in [5.41, 5.74) is 1.58. The van der Waals surface area contributed by atoms with Gasteiger partial charge < -0.3 is 5.32 Å². The van der Waals surface area contributed by atoms with Crippen LogP contribution in [0.2, 0.25) is 0 Å². The van der Waals surface area contributed by atoms with Crippen LogP contribution >= 0.6 is 0 Å². The molecule has 0 unspecified atom stereocenters. The van der Waals surface area contributed by atoms with Gasteiger partial charge in [-0.3, -0.25) is 0 Å². The fraction of sp³-hybridized carbons (Fsp3) is 0.600. The third kappa shape index (κ3) is 1.000. The van der Waals surface area contributed by atoms with Gasteiger partial charge in [-0.2, -0.15) is 0 Å². The molecular weight excluding hydrogens is 162 g/mol. The number of hydrogen-bond acceptors (Lipinski definition) is 3. The third-order valence-corrected chi connectivity index (χ3v) is 3.38. The van der Waals surface area contributed by atoms with Gasteiger partial charge in [0.15, 0.2) is 0 Å². The molecule has 1 aromatic heterocycles. The molecule has 3 nitrogen and oxygen atoms in total. The molecule has 0 amide bonds. The topological polar surface area (TPSA) is 37.8 Å². The lowest BCUT2D eigenvalue weighted by Gasteiger charge is -2.52. The Balaban J connectivity index is 1.93. The summed E-state index contributed by atoms with van der Waals surface area (Å²) in [4.78, 5) is 8.32. The van der Waals surface area contributed by atoms with E-state index in [9.17, 15) is 0 Å². The van der Waals surface area contributed by atoms with Gasteiger partial charge in [0.05, 0.1) is 5.69 Å². The van der Waals surface area contributed by atoms with E-state index in [4.69, 9.17) is 0 Å². The predicted octanol–water partition coefficient (Wildman–Crippen LogP) is 0.728. The van der Waals surface area contributed by atoms with Crippen LogP contribution in [-0.4, -0.2) is 23.1 Å². The second-order valence-electron chi connectivity index (χ2n) is 4.28. The molecule has 0 radical (unpaired) electrons. The second kappa shape index (κ2) is 2.51. The maximum atomic E-state index is 4.36. The minimum absolute atomic E-state index is 0.353. The first kappa shape index (κ1) is 7.44. The molecule has 1 saturated carbocycles. The Kier molecular flexibility index (Phi) is 1.44. The zero-order valence-electron chi connectivity index (χ0n) is 7.53. The largest absolute Gasteiger partial charge is 0.316 e. The summed E-state index contributed by atoms with van der Waals surface area (Å²) in [6.45, 7) is 2.30. The zero-order chi connectivity index (χ0) is 8.73. The van der Waals surface area contributed by atoms with Crippen molar-refractivity contribution in [2.75, 3.05) is 13.1 Å². The van der Waals surface area contributed by atoms with E-state index in [1.54, 1.807) is 6.33 Å². The quantitative estimate of drug-likeness (QED) is 0.683. The van der Waals surface area contributed by atoms with Gasteiger partial charge in [-0.1, -0.05) is 0 Å². The van der Waals surface area contributed by atoms with Crippen LogP contribution in [0.3, 0.4) is 0 Å². The molecule has 0 spiro atoms. The average molecular weight is 175 g/mol. The van der Waals surface area contributed by atoms with E-state index in [1.165, 1.54) is 25.1 Å². The Bertz CT molecular complexity index is 298. The number of nitrogens with zero attached hydrogens (tertiary/aromatic N) is 2. The molecule has 68 valence electrons. The minimum atomic E-state index is 0.353. The summed E-state index contributed by atoms with van der Waals surface area (Å²) in [6.07, 6.45) is 6.14. The summed E-state index contributed by atoms with van der Waals surface area (Å²) in [6, 6.07) is 2.06. The highest BCUT2D eigenvalue weighted by Gasteiger charge is 2.48. The molecule has 0 atom stereocenters. The van der Waals surface area contributed by atoms with Crippen LogP contribution in [0.25, 0.3) is 0 Å². The first-order chi connectivity index (χ1) is 6.39. The number of nitrogens with one attached hydrogen (secondary N) is 1. The van der Waals surface area contributed by atoms with Gasteiger partial charge in [-0.05, 0) is 31.4 Å². The normalized spacial score (nSPS) is 36.8. The van der Waals surface area contributed by atoms with Gasteiger partial charge in [-0.25, -0.2) is 9.97 Å². The van der Waals surface area contributed by atoms with Crippen molar-refractivity contribution in [1.82, 2.24) is 15.3 Å². The molecular formula is C10H13N3. The first-order valence-corrected chi connectivity index (χ1v) is 4.86. The predicted molar refractivity (Wildman–Crippen MR) is 49.3 cm³/mol. The average Bonchev–Trinajstić information content (AvgIpc) is 2.19. The lowest BCUT2D eigenvalue weighted by atomic mass is 9.58.